The van der Waals surface area contributed by atoms with Crippen LogP contribution in [0, 0.1) is 10.1 Å². The minimum atomic E-state index is -0.921. The number of ether oxygens (including phenoxy) is 1. The van der Waals surface area contributed by atoms with E-state index < -0.39 is 16.1 Å². The predicted molar refractivity (Wildman–Crippen MR) is 138 cm³/mol. The van der Waals surface area contributed by atoms with E-state index >= 15 is 0 Å². The Labute approximate surface area is 210 Å². The smallest absolute Gasteiger partial charge is 0.270 e. The zero-order valence-electron chi connectivity index (χ0n) is 20.7. The fourth-order valence-corrected chi connectivity index (χ4v) is 4.82. The van der Waals surface area contributed by atoms with Gasteiger partial charge < -0.3 is 20.3 Å². The van der Waals surface area contributed by atoms with Crippen LogP contribution < -0.4 is 20.3 Å². The van der Waals surface area contributed by atoms with Gasteiger partial charge in [-0.15, -0.1) is 0 Å². The van der Waals surface area contributed by atoms with Crippen LogP contribution in [-0.2, 0) is 15.0 Å². The first-order valence-corrected chi connectivity index (χ1v) is 11.8. The molecule has 36 heavy (non-hydrogen) atoms. The van der Waals surface area contributed by atoms with Gasteiger partial charge in [-0.1, -0.05) is 24.8 Å². The lowest BCUT2D eigenvalue weighted by Crippen LogP contribution is -2.60. The molecule has 1 spiro atoms. The highest BCUT2D eigenvalue weighted by molar-refractivity contribution is 5.92. The van der Waals surface area contributed by atoms with Crippen molar-refractivity contribution in [2.24, 2.45) is 0 Å². The molecular formula is C27H30N4O5. The quantitative estimate of drug-likeness (QED) is 0.253. The van der Waals surface area contributed by atoms with Gasteiger partial charge in [-0.2, -0.15) is 0 Å². The molecule has 9 heteroatoms. The van der Waals surface area contributed by atoms with Gasteiger partial charge in [-0.3, -0.25) is 19.7 Å². The largest absolute Gasteiger partial charge is 0.463 e. The molecule has 1 atom stereocenters. The average molecular weight is 491 g/mol. The maximum absolute atomic E-state index is 12.6. The molecule has 2 amide bonds. The number of carbonyl (C=O) groups excluding carboxylic acids is 2. The normalized spacial score (nSPS) is 18.7. The first-order chi connectivity index (χ1) is 17.1. The van der Waals surface area contributed by atoms with E-state index in [1.54, 1.807) is 13.0 Å². The summed E-state index contributed by atoms with van der Waals surface area (Å²) >= 11 is 0. The Balaban J connectivity index is 1.54. The van der Waals surface area contributed by atoms with Crippen LogP contribution in [-0.4, -0.2) is 42.1 Å². The zero-order valence-corrected chi connectivity index (χ0v) is 20.7. The van der Waals surface area contributed by atoms with Crippen molar-refractivity contribution < 1.29 is 19.2 Å². The summed E-state index contributed by atoms with van der Waals surface area (Å²) in [5, 5.41) is 16.7. The van der Waals surface area contributed by atoms with Crippen LogP contribution in [0.1, 0.15) is 38.3 Å². The van der Waals surface area contributed by atoms with Gasteiger partial charge in [0.15, 0.2) is 0 Å². The lowest BCUT2D eigenvalue weighted by Gasteiger charge is -2.47. The van der Waals surface area contributed by atoms with E-state index in [0.717, 1.165) is 11.3 Å². The molecule has 1 unspecified atom stereocenters. The molecule has 2 aliphatic heterocycles. The lowest BCUT2D eigenvalue weighted by molar-refractivity contribution is -0.384. The maximum Gasteiger partial charge on any atom is 0.270 e. The fourth-order valence-electron chi connectivity index (χ4n) is 4.82. The van der Waals surface area contributed by atoms with Crippen LogP contribution in [0.15, 0.2) is 60.7 Å². The molecule has 2 N–H and O–H groups in total. The first kappa shape index (κ1) is 25.0. The third-order valence-corrected chi connectivity index (χ3v) is 6.81. The topological polar surface area (TPSA) is 114 Å². The van der Waals surface area contributed by atoms with E-state index in [9.17, 15) is 19.7 Å². The standard InChI is InChI=1S/C27H30N4O5/c1-18(2)25(33)29-15-14-28-24(32)12-16-30-22-8-6-5-7-21(22)26(3,4)27(30)13-11-19-17-20(31(34)35)9-10-23(19)36-27/h5-11,13,17H,1,12,14-16H2,2-4H3,(H,28,32)(H,29,33). The van der Waals surface area contributed by atoms with Crippen molar-refractivity contribution in [1.82, 2.24) is 10.6 Å². The van der Waals surface area contributed by atoms with Crippen molar-refractivity contribution in [1.29, 1.82) is 0 Å². The molecule has 0 saturated heterocycles. The third kappa shape index (κ3) is 4.32. The van der Waals surface area contributed by atoms with Gasteiger partial charge in [0.05, 0.1) is 10.3 Å². The number of nitro groups is 1. The average Bonchev–Trinajstić information content (AvgIpc) is 3.02. The molecule has 2 aromatic rings. The minimum absolute atomic E-state index is 0.000105. The zero-order chi connectivity index (χ0) is 26.1. The van der Waals surface area contributed by atoms with Crippen LogP contribution in [0.5, 0.6) is 5.75 Å². The molecule has 4 rings (SSSR count). The van der Waals surface area contributed by atoms with Crippen molar-refractivity contribution >= 4 is 29.3 Å². The monoisotopic (exact) mass is 490 g/mol. The number of amides is 2. The Bertz CT molecular complexity index is 1270. The predicted octanol–water partition coefficient (Wildman–Crippen LogP) is 3.69. The number of nitro benzene ring substituents is 1. The van der Waals surface area contributed by atoms with Gasteiger partial charge in [-0.05, 0) is 50.6 Å². The number of hydrogen-bond donors (Lipinski definition) is 2. The van der Waals surface area contributed by atoms with Crippen LogP contribution in [0.25, 0.3) is 6.08 Å². The van der Waals surface area contributed by atoms with Crippen molar-refractivity contribution in [3.8, 4) is 5.75 Å². The van der Waals surface area contributed by atoms with E-state index in [-0.39, 0.29) is 23.9 Å². The van der Waals surface area contributed by atoms with Crippen molar-refractivity contribution in [3.05, 3.63) is 81.9 Å². The second kappa shape index (κ2) is 9.49. The third-order valence-electron chi connectivity index (χ3n) is 6.81. The number of para-hydroxylation sites is 1. The molecule has 0 aromatic heterocycles. The highest BCUT2D eigenvalue weighted by atomic mass is 16.6. The Morgan fingerprint density at radius 3 is 2.58 bits per heavy atom. The summed E-state index contributed by atoms with van der Waals surface area (Å²) in [5.74, 6) is 0.161. The number of non-ortho nitro benzene ring substituents is 1. The SMILES string of the molecule is C=C(C)C(=O)NCCNC(=O)CCN1c2ccccc2C(C)(C)C12C=Cc1cc([N+](=O)[O-])ccc1O2. The molecule has 0 radical (unpaired) electrons. The maximum atomic E-state index is 12.6. The Morgan fingerprint density at radius 2 is 1.86 bits per heavy atom. The Hall–Kier alpha value is -4.14. The van der Waals surface area contributed by atoms with E-state index in [2.05, 4.69) is 42.0 Å². The summed E-state index contributed by atoms with van der Waals surface area (Å²) in [4.78, 5) is 37.1. The summed E-state index contributed by atoms with van der Waals surface area (Å²) in [6.45, 7) is 10.4. The molecule has 0 bridgehead atoms. The van der Waals surface area contributed by atoms with E-state index in [0.29, 0.717) is 36.5 Å². The summed E-state index contributed by atoms with van der Waals surface area (Å²) in [6.07, 6.45) is 4.01. The summed E-state index contributed by atoms with van der Waals surface area (Å²) < 4.78 is 6.63. The molecule has 9 nitrogen and oxygen atoms in total. The number of hydrogen-bond acceptors (Lipinski definition) is 6. The van der Waals surface area contributed by atoms with Crippen LogP contribution >= 0.6 is 0 Å². The molecule has 0 fully saturated rings. The van der Waals surface area contributed by atoms with E-state index in [4.69, 9.17) is 4.74 Å². The number of carbonyl (C=O) groups is 2. The highest BCUT2D eigenvalue weighted by Crippen LogP contribution is 2.55. The highest BCUT2D eigenvalue weighted by Gasteiger charge is 2.58. The van der Waals surface area contributed by atoms with Crippen molar-refractivity contribution in [2.75, 3.05) is 24.5 Å². The number of fused-ring (bicyclic) bond motifs is 2. The van der Waals surface area contributed by atoms with Crippen molar-refractivity contribution in [2.45, 2.75) is 38.3 Å². The second-order valence-corrected chi connectivity index (χ2v) is 9.54. The van der Waals surface area contributed by atoms with Crippen LogP contribution in [0.2, 0.25) is 0 Å². The van der Waals surface area contributed by atoms with Gasteiger partial charge >= 0.3 is 0 Å². The molecule has 0 aliphatic carbocycles. The summed E-state index contributed by atoms with van der Waals surface area (Å²) in [5.41, 5.74) is 1.70. The molecule has 0 saturated carbocycles. The lowest BCUT2D eigenvalue weighted by atomic mass is 9.76. The molecule has 2 heterocycles. The molecular weight excluding hydrogens is 460 g/mol. The minimum Gasteiger partial charge on any atom is -0.463 e. The number of anilines is 1. The first-order valence-electron chi connectivity index (χ1n) is 11.8. The van der Waals surface area contributed by atoms with Crippen molar-refractivity contribution in [3.63, 3.8) is 0 Å². The Kier molecular flexibility index (Phi) is 6.58. The number of nitrogens with zero attached hydrogens (tertiary/aromatic N) is 2. The second-order valence-electron chi connectivity index (χ2n) is 9.54. The number of rotatable bonds is 8. The van der Waals surface area contributed by atoms with Crippen LogP contribution in [0.4, 0.5) is 11.4 Å². The summed E-state index contributed by atoms with van der Waals surface area (Å²) in [7, 11) is 0. The fraction of sp³-hybridized carbons (Fsp3) is 0.333. The summed E-state index contributed by atoms with van der Waals surface area (Å²) in [6, 6.07) is 12.6. The van der Waals surface area contributed by atoms with Gasteiger partial charge in [0.2, 0.25) is 17.5 Å². The van der Waals surface area contributed by atoms with E-state index in [1.807, 2.05) is 30.4 Å². The molecule has 2 aromatic carbocycles. The van der Waals surface area contributed by atoms with Crippen LogP contribution in [0.3, 0.4) is 0 Å². The molecule has 2 aliphatic rings. The molecule has 188 valence electrons. The number of benzene rings is 2. The van der Waals surface area contributed by atoms with Gasteiger partial charge in [0.1, 0.15) is 5.75 Å². The van der Waals surface area contributed by atoms with Gasteiger partial charge in [0, 0.05) is 55.0 Å². The van der Waals surface area contributed by atoms with Gasteiger partial charge in [0.25, 0.3) is 5.69 Å². The number of nitrogens with one attached hydrogen (secondary N) is 2. The Morgan fingerprint density at radius 1 is 1.14 bits per heavy atom. The van der Waals surface area contributed by atoms with Gasteiger partial charge in [-0.25, -0.2) is 0 Å². The van der Waals surface area contributed by atoms with E-state index in [1.165, 1.54) is 12.1 Å².